The number of benzene rings is 4. The standard InChI is InChI=1S/C36H39Cl2N3O5S/c1-25-14-18-31(19-15-25)47(44,45)41(29-12-9-13-30(22-29)46-5)24-34(42)40(23-27-16-17-28(37)21-32(27)38)33(35(43)39-36(2,3)4)20-26-10-7-6-8-11-26/h6-19,21-22,33H,20,23-24H2,1-5H3,(H,39,43)/t33-/m1/s1. The Bertz CT molecular complexity index is 1810. The van der Waals surface area contributed by atoms with Crippen molar-refractivity contribution in [3.8, 4) is 5.75 Å². The number of halogens is 2. The monoisotopic (exact) mass is 695 g/mol. The normalized spacial score (nSPS) is 12.2. The maximum absolute atomic E-state index is 14.6. The molecule has 248 valence electrons. The second-order valence-electron chi connectivity index (χ2n) is 12.2. The summed E-state index contributed by atoms with van der Waals surface area (Å²) in [5.41, 5.74) is 1.85. The van der Waals surface area contributed by atoms with Crippen molar-refractivity contribution >= 4 is 50.7 Å². The predicted molar refractivity (Wildman–Crippen MR) is 188 cm³/mol. The highest BCUT2D eigenvalue weighted by atomic mass is 35.5. The molecule has 0 spiro atoms. The predicted octanol–water partition coefficient (Wildman–Crippen LogP) is 7.06. The summed E-state index contributed by atoms with van der Waals surface area (Å²) in [7, 11) is -2.78. The molecule has 2 amide bonds. The molecule has 1 N–H and O–H groups in total. The Morgan fingerprint density at radius 2 is 1.57 bits per heavy atom. The number of aryl methyl sites for hydroxylation is 1. The van der Waals surface area contributed by atoms with E-state index in [1.165, 1.54) is 24.1 Å². The molecule has 0 aliphatic rings. The topological polar surface area (TPSA) is 96.0 Å². The zero-order chi connectivity index (χ0) is 34.4. The van der Waals surface area contributed by atoms with Crippen molar-refractivity contribution in [3.63, 3.8) is 0 Å². The Morgan fingerprint density at radius 3 is 2.19 bits per heavy atom. The van der Waals surface area contributed by atoms with Gasteiger partial charge in [-0.1, -0.05) is 83.4 Å². The maximum atomic E-state index is 14.6. The van der Waals surface area contributed by atoms with Crippen molar-refractivity contribution in [1.29, 1.82) is 0 Å². The number of nitrogens with one attached hydrogen (secondary N) is 1. The Balaban J connectivity index is 1.85. The Kier molecular flexibility index (Phi) is 11.6. The van der Waals surface area contributed by atoms with Crippen LogP contribution in [0.3, 0.4) is 0 Å². The number of methoxy groups -OCH3 is 1. The lowest BCUT2D eigenvalue weighted by Gasteiger charge is -2.35. The number of rotatable bonds is 12. The van der Waals surface area contributed by atoms with Crippen LogP contribution < -0.4 is 14.4 Å². The molecule has 0 heterocycles. The van der Waals surface area contributed by atoms with Crippen LogP contribution >= 0.6 is 23.2 Å². The van der Waals surface area contributed by atoms with Crippen LogP contribution in [-0.2, 0) is 32.6 Å². The maximum Gasteiger partial charge on any atom is 0.264 e. The SMILES string of the molecule is COc1cccc(N(CC(=O)N(Cc2ccc(Cl)cc2Cl)[C@H](Cc2ccccc2)C(=O)NC(C)(C)C)S(=O)(=O)c2ccc(C)cc2)c1. The quantitative estimate of drug-likeness (QED) is 0.171. The van der Waals surface area contributed by atoms with E-state index in [2.05, 4.69) is 5.32 Å². The Morgan fingerprint density at radius 1 is 0.894 bits per heavy atom. The fraction of sp³-hybridized carbons (Fsp3) is 0.278. The summed E-state index contributed by atoms with van der Waals surface area (Å²) in [5, 5.41) is 3.73. The average Bonchev–Trinajstić information content (AvgIpc) is 3.02. The number of amides is 2. The van der Waals surface area contributed by atoms with Gasteiger partial charge in [-0.05, 0) is 75.2 Å². The Hall–Kier alpha value is -4.05. The first kappa shape index (κ1) is 35.8. The molecule has 0 unspecified atom stereocenters. The van der Waals surface area contributed by atoms with E-state index in [1.54, 1.807) is 54.6 Å². The van der Waals surface area contributed by atoms with Gasteiger partial charge in [0.25, 0.3) is 10.0 Å². The molecular weight excluding hydrogens is 657 g/mol. The first-order valence-electron chi connectivity index (χ1n) is 15.0. The van der Waals surface area contributed by atoms with Crippen LogP contribution in [0.2, 0.25) is 10.0 Å². The van der Waals surface area contributed by atoms with E-state index in [1.807, 2.05) is 58.0 Å². The summed E-state index contributed by atoms with van der Waals surface area (Å²) in [6.45, 7) is 6.72. The smallest absolute Gasteiger partial charge is 0.264 e. The first-order chi connectivity index (χ1) is 22.2. The van der Waals surface area contributed by atoms with E-state index in [4.69, 9.17) is 27.9 Å². The van der Waals surface area contributed by atoms with Gasteiger partial charge in [0.1, 0.15) is 18.3 Å². The largest absolute Gasteiger partial charge is 0.497 e. The lowest BCUT2D eigenvalue weighted by molar-refractivity contribution is -0.140. The number of nitrogens with zero attached hydrogens (tertiary/aromatic N) is 2. The fourth-order valence-electron chi connectivity index (χ4n) is 4.97. The number of hydrogen-bond donors (Lipinski definition) is 1. The summed E-state index contributed by atoms with van der Waals surface area (Å²) in [6.07, 6.45) is 0.170. The second-order valence-corrected chi connectivity index (χ2v) is 14.9. The summed E-state index contributed by atoms with van der Waals surface area (Å²) < 4.78 is 34.9. The van der Waals surface area contributed by atoms with Crippen LogP contribution in [-0.4, -0.2) is 50.4 Å². The van der Waals surface area contributed by atoms with E-state index >= 15 is 0 Å². The lowest BCUT2D eigenvalue weighted by atomic mass is 10.0. The summed E-state index contributed by atoms with van der Waals surface area (Å²) in [6, 6.07) is 26.1. The average molecular weight is 697 g/mol. The third-order valence-electron chi connectivity index (χ3n) is 7.35. The molecule has 4 rings (SSSR count). The van der Waals surface area contributed by atoms with Crippen molar-refractivity contribution in [2.24, 2.45) is 0 Å². The molecule has 11 heteroatoms. The third kappa shape index (κ3) is 9.50. The van der Waals surface area contributed by atoms with Crippen LogP contribution in [0.1, 0.15) is 37.5 Å². The molecule has 4 aromatic rings. The zero-order valence-electron chi connectivity index (χ0n) is 27.0. The van der Waals surface area contributed by atoms with E-state index in [0.29, 0.717) is 21.4 Å². The molecule has 0 aromatic heterocycles. The number of hydrogen-bond acceptors (Lipinski definition) is 5. The van der Waals surface area contributed by atoms with Crippen LogP contribution in [0.5, 0.6) is 5.75 Å². The summed E-state index contributed by atoms with van der Waals surface area (Å²) >= 11 is 12.8. The molecule has 4 aromatic carbocycles. The molecule has 0 bridgehead atoms. The zero-order valence-corrected chi connectivity index (χ0v) is 29.4. The van der Waals surface area contributed by atoms with Crippen molar-refractivity contribution in [1.82, 2.24) is 10.2 Å². The minimum Gasteiger partial charge on any atom is -0.497 e. The van der Waals surface area contributed by atoms with E-state index in [9.17, 15) is 18.0 Å². The highest BCUT2D eigenvalue weighted by molar-refractivity contribution is 7.92. The Labute approximate surface area is 287 Å². The molecule has 0 radical (unpaired) electrons. The molecule has 0 fully saturated rings. The van der Waals surface area contributed by atoms with Gasteiger partial charge in [0, 0.05) is 34.6 Å². The molecule has 0 aliphatic carbocycles. The van der Waals surface area contributed by atoms with Gasteiger partial charge in [-0.15, -0.1) is 0 Å². The minimum atomic E-state index is -4.26. The number of anilines is 1. The van der Waals surface area contributed by atoms with Crippen LogP contribution in [0.25, 0.3) is 0 Å². The first-order valence-corrected chi connectivity index (χ1v) is 17.2. The second kappa shape index (κ2) is 15.2. The van der Waals surface area contributed by atoms with Gasteiger partial charge in [-0.3, -0.25) is 13.9 Å². The van der Waals surface area contributed by atoms with E-state index < -0.39 is 40.0 Å². The highest BCUT2D eigenvalue weighted by Gasteiger charge is 2.36. The number of carbonyl (C=O) groups excluding carboxylic acids is 2. The summed E-state index contributed by atoms with van der Waals surface area (Å²) in [5.74, 6) is -0.594. The summed E-state index contributed by atoms with van der Waals surface area (Å²) in [4.78, 5) is 30.1. The van der Waals surface area contributed by atoms with Crippen LogP contribution in [0.4, 0.5) is 5.69 Å². The van der Waals surface area contributed by atoms with Crippen LogP contribution in [0, 0.1) is 6.92 Å². The van der Waals surface area contributed by atoms with Gasteiger partial charge < -0.3 is 15.0 Å². The molecule has 0 saturated heterocycles. The molecule has 0 aliphatic heterocycles. The molecular formula is C36H39Cl2N3O5S. The van der Waals surface area contributed by atoms with Gasteiger partial charge in [-0.2, -0.15) is 0 Å². The highest BCUT2D eigenvalue weighted by Crippen LogP contribution is 2.29. The number of carbonyl (C=O) groups is 2. The van der Waals surface area contributed by atoms with E-state index in [-0.39, 0.29) is 23.5 Å². The van der Waals surface area contributed by atoms with Gasteiger partial charge in [0.2, 0.25) is 11.8 Å². The van der Waals surface area contributed by atoms with Gasteiger partial charge in [0.05, 0.1) is 17.7 Å². The molecule has 0 saturated carbocycles. The number of ether oxygens (including phenoxy) is 1. The van der Waals surface area contributed by atoms with Crippen molar-refractivity contribution < 1.29 is 22.7 Å². The molecule has 1 atom stereocenters. The fourth-order valence-corrected chi connectivity index (χ4v) is 6.85. The minimum absolute atomic E-state index is 0.0114. The van der Waals surface area contributed by atoms with Crippen molar-refractivity contribution in [3.05, 3.63) is 124 Å². The van der Waals surface area contributed by atoms with Crippen molar-refractivity contribution in [2.45, 2.75) is 57.1 Å². The van der Waals surface area contributed by atoms with Gasteiger partial charge >= 0.3 is 0 Å². The molecule has 8 nitrogen and oxygen atoms in total. The lowest BCUT2D eigenvalue weighted by Crippen LogP contribution is -2.56. The number of sulfonamides is 1. The third-order valence-corrected chi connectivity index (χ3v) is 9.73. The molecule has 47 heavy (non-hydrogen) atoms. The van der Waals surface area contributed by atoms with Gasteiger partial charge in [-0.25, -0.2) is 8.42 Å². The van der Waals surface area contributed by atoms with Crippen LogP contribution in [0.15, 0.2) is 102 Å². The van der Waals surface area contributed by atoms with E-state index in [0.717, 1.165) is 15.4 Å². The van der Waals surface area contributed by atoms with Crippen molar-refractivity contribution in [2.75, 3.05) is 18.0 Å². The van der Waals surface area contributed by atoms with Gasteiger partial charge in [0.15, 0.2) is 0 Å².